The number of nitrogens with one attached hydrogen (secondary N) is 1. The third kappa shape index (κ3) is 3.91. The van der Waals surface area contributed by atoms with Crippen molar-refractivity contribution in [2.75, 3.05) is 11.9 Å². The van der Waals surface area contributed by atoms with E-state index < -0.39 is 5.97 Å². The summed E-state index contributed by atoms with van der Waals surface area (Å²) in [6.45, 7) is 0.697. The van der Waals surface area contributed by atoms with Crippen molar-refractivity contribution in [2.45, 2.75) is 25.7 Å². The molecule has 0 radical (unpaired) electrons. The maximum atomic E-state index is 13.3. The fourth-order valence-electron chi connectivity index (χ4n) is 2.07. The van der Waals surface area contributed by atoms with Crippen molar-refractivity contribution in [3.8, 4) is 0 Å². The molecule has 1 aromatic heterocycles. The predicted octanol–water partition coefficient (Wildman–Crippen LogP) is 3.43. The molecule has 0 aliphatic rings. The number of pyridine rings is 1. The molecule has 20 heavy (non-hydrogen) atoms. The third-order valence-electron chi connectivity index (χ3n) is 3.09. The molecule has 0 aliphatic heterocycles. The maximum absolute atomic E-state index is 13.3. The lowest BCUT2D eigenvalue weighted by Crippen LogP contribution is -2.04. The van der Waals surface area contributed by atoms with Crippen molar-refractivity contribution >= 4 is 22.6 Å². The number of carboxylic acid groups (broad SMARTS) is 1. The molecule has 0 spiro atoms. The monoisotopic (exact) mass is 276 g/mol. The zero-order valence-corrected chi connectivity index (χ0v) is 11.1. The molecule has 2 aromatic rings. The molecular formula is C15H17FN2O2. The van der Waals surface area contributed by atoms with Crippen molar-refractivity contribution in [3.63, 3.8) is 0 Å². The number of unbranched alkanes of at least 4 members (excludes halogenated alkanes) is 2. The molecule has 1 aromatic carbocycles. The van der Waals surface area contributed by atoms with Gasteiger partial charge in [0.15, 0.2) is 0 Å². The van der Waals surface area contributed by atoms with Crippen molar-refractivity contribution in [1.82, 2.24) is 4.98 Å². The molecule has 0 aliphatic carbocycles. The van der Waals surface area contributed by atoms with E-state index in [0.717, 1.165) is 23.6 Å². The highest BCUT2D eigenvalue weighted by Crippen LogP contribution is 2.21. The summed E-state index contributed by atoms with van der Waals surface area (Å²) in [7, 11) is 0. The van der Waals surface area contributed by atoms with Crippen LogP contribution in [-0.2, 0) is 4.79 Å². The number of rotatable bonds is 7. The van der Waals surface area contributed by atoms with E-state index in [0.29, 0.717) is 18.8 Å². The molecule has 0 unspecified atom stereocenters. The quantitative estimate of drug-likeness (QED) is 0.760. The minimum Gasteiger partial charge on any atom is -0.481 e. The van der Waals surface area contributed by atoms with E-state index in [9.17, 15) is 9.18 Å². The van der Waals surface area contributed by atoms with E-state index in [-0.39, 0.29) is 12.2 Å². The van der Waals surface area contributed by atoms with Crippen LogP contribution in [0.4, 0.5) is 10.2 Å². The van der Waals surface area contributed by atoms with Gasteiger partial charge < -0.3 is 10.4 Å². The van der Waals surface area contributed by atoms with Crippen molar-refractivity contribution in [2.24, 2.45) is 0 Å². The average Bonchev–Trinajstić information content (AvgIpc) is 2.42. The molecule has 0 amide bonds. The van der Waals surface area contributed by atoms with Crippen LogP contribution in [0.15, 0.2) is 30.5 Å². The van der Waals surface area contributed by atoms with Gasteiger partial charge in [-0.15, -0.1) is 0 Å². The summed E-state index contributed by atoms with van der Waals surface area (Å²) in [4.78, 5) is 14.6. The van der Waals surface area contributed by atoms with E-state index >= 15 is 0 Å². The van der Waals surface area contributed by atoms with E-state index in [1.165, 1.54) is 12.1 Å². The van der Waals surface area contributed by atoms with E-state index in [1.54, 1.807) is 12.3 Å². The third-order valence-corrected chi connectivity index (χ3v) is 3.09. The predicted molar refractivity (Wildman–Crippen MR) is 76.3 cm³/mol. The first-order chi connectivity index (χ1) is 9.66. The summed E-state index contributed by atoms with van der Waals surface area (Å²) < 4.78 is 13.3. The molecular weight excluding hydrogens is 259 g/mol. The smallest absolute Gasteiger partial charge is 0.303 e. The lowest BCUT2D eigenvalue weighted by atomic mass is 10.1. The van der Waals surface area contributed by atoms with Crippen LogP contribution in [0.1, 0.15) is 25.7 Å². The summed E-state index contributed by atoms with van der Waals surface area (Å²) >= 11 is 0. The second-order valence-electron chi connectivity index (χ2n) is 4.66. The molecule has 0 saturated carbocycles. The van der Waals surface area contributed by atoms with Crippen LogP contribution >= 0.6 is 0 Å². The normalized spacial score (nSPS) is 10.7. The average molecular weight is 276 g/mol. The number of halogens is 1. The van der Waals surface area contributed by atoms with Crippen molar-refractivity contribution < 1.29 is 14.3 Å². The van der Waals surface area contributed by atoms with E-state index in [2.05, 4.69) is 10.3 Å². The zero-order chi connectivity index (χ0) is 14.4. The molecule has 2 rings (SSSR count). The summed E-state index contributed by atoms with van der Waals surface area (Å²) in [5, 5.41) is 13.4. The highest BCUT2D eigenvalue weighted by molar-refractivity contribution is 5.91. The Balaban J connectivity index is 1.90. The Hall–Kier alpha value is -2.17. The van der Waals surface area contributed by atoms with Crippen LogP contribution in [0, 0.1) is 5.82 Å². The molecule has 1 heterocycles. The summed E-state index contributed by atoms with van der Waals surface area (Å²) in [5.74, 6) is -0.376. The van der Waals surface area contributed by atoms with Gasteiger partial charge in [-0.3, -0.25) is 4.79 Å². The highest BCUT2D eigenvalue weighted by atomic mass is 19.1. The van der Waals surface area contributed by atoms with Crippen molar-refractivity contribution in [1.29, 1.82) is 0 Å². The Bertz CT molecular complexity index is 601. The van der Waals surface area contributed by atoms with Gasteiger partial charge in [0.05, 0.1) is 0 Å². The number of hydrogen-bond donors (Lipinski definition) is 2. The maximum Gasteiger partial charge on any atom is 0.303 e. The van der Waals surface area contributed by atoms with Crippen LogP contribution in [-0.4, -0.2) is 22.6 Å². The Morgan fingerprint density at radius 3 is 2.90 bits per heavy atom. The Morgan fingerprint density at radius 2 is 2.10 bits per heavy atom. The lowest BCUT2D eigenvalue weighted by molar-refractivity contribution is -0.137. The van der Waals surface area contributed by atoms with Crippen LogP contribution in [0.25, 0.3) is 10.8 Å². The minimum absolute atomic E-state index is 0.206. The molecule has 2 N–H and O–H groups in total. The molecule has 0 fully saturated rings. The van der Waals surface area contributed by atoms with Gasteiger partial charge in [-0.2, -0.15) is 0 Å². The first-order valence-electron chi connectivity index (χ1n) is 6.67. The molecule has 106 valence electrons. The first-order valence-corrected chi connectivity index (χ1v) is 6.67. The van der Waals surface area contributed by atoms with Gasteiger partial charge in [0.2, 0.25) is 0 Å². The Labute approximate surface area is 116 Å². The van der Waals surface area contributed by atoms with Crippen LogP contribution in [0.3, 0.4) is 0 Å². The molecule has 5 heteroatoms. The molecule has 4 nitrogen and oxygen atoms in total. The van der Waals surface area contributed by atoms with Gasteiger partial charge in [0, 0.05) is 24.5 Å². The van der Waals surface area contributed by atoms with Crippen LogP contribution < -0.4 is 5.32 Å². The zero-order valence-electron chi connectivity index (χ0n) is 11.1. The second kappa shape index (κ2) is 6.84. The van der Waals surface area contributed by atoms with Crippen molar-refractivity contribution in [3.05, 3.63) is 36.3 Å². The van der Waals surface area contributed by atoms with Gasteiger partial charge in [-0.25, -0.2) is 9.37 Å². The molecule has 0 bridgehead atoms. The van der Waals surface area contributed by atoms with E-state index in [4.69, 9.17) is 5.11 Å². The van der Waals surface area contributed by atoms with Gasteiger partial charge >= 0.3 is 5.97 Å². The lowest BCUT2D eigenvalue weighted by Gasteiger charge is -2.08. The van der Waals surface area contributed by atoms with Gasteiger partial charge in [0.1, 0.15) is 11.6 Å². The standard InChI is InChI=1S/C15H17FN2O2/c16-12-6-5-11-7-9-18-15(13(11)10-12)17-8-3-1-2-4-14(19)20/h5-7,9-10H,1-4,8H2,(H,17,18)(H,19,20). The number of benzene rings is 1. The van der Waals surface area contributed by atoms with Crippen LogP contribution in [0.2, 0.25) is 0 Å². The highest BCUT2D eigenvalue weighted by Gasteiger charge is 2.03. The number of anilines is 1. The van der Waals surface area contributed by atoms with E-state index in [1.807, 2.05) is 6.07 Å². The number of fused-ring (bicyclic) bond motifs is 1. The SMILES string of the molecule is O=C(O)CCCCCNc1nccc2ccc(F)cc12. The van der Waals surface area contributed by atoms with Gasteiger partial charge in [0.25, 0.3) is 0 Å². The number of nitrogens with zero attached hydrogens (tertiary/aromatic N) is 1. The fraction of sp³-hybridized carbons (Fsp3) is 0.333. The minimum atomic E-state index is -0.760. The number of carbonyl (C=O) groups is 1. The molecule has 0 atom stereocenters. The second-order valence-corrected chi connectivity index (χ2v) is 4.66. The summed E-state index contributed by atoms with van der Waals surface area (Å²) in [6, 6.07) is 6.46. The topological polar surface area (TPSA) is 62.2 Å². The first kappa shape index (κ1) is 14.2. The fourth-order valence-corrected chi connectivity index (χ4v) is 2.07. The summed E-state index contributed by atoms with van der Waals surface area (Å²) in [6.07, 6.45) is 4.28. The Morgan fingerprint density at radius 1 is 1.25 bits per heavy atom. The van der Waals surface area contributed by atoms with Crippen LogP contribution in [0.5, 0.6) is 0 Å². The number of hydrogen-bond acceptors (Lipinski definition) is 3. The number of carboxylic acids is 1. The largest absolute Gasteiger partial charge is 0.481 e. The summed E-state index contributed by atoms with van der Waals surface area (Å²) in [5.41, 5.74) is 0. The van der Waals surface area contributed by atoms with Gasteiger partial charge in [-0.1, -0.05) is 12.5 Å². The number of aromatic nitrogens is 1. The number of aliphatic carboxylic acids is 1. The van der Waals surface area contributed by atoms with Gasteiger partial charge in [-0.05, 0) is 36.4 Å². The molecule has 0 saturated heterocycles. The Kier molecular flexibility index (Phi) is 4.87.